The van der Waals surface area contributed by atoms with E-state index >= 15 is 0 Å². The number of halogens is 1. The van der Waals surface area contributed by atoms with Gasteiger partial charge in [-0.05, 0) is 81.7 Å². The number of aromatic nitrogens is 1. The third-order valence-corrected chi connectivity index (χ3v) is 8.97. The topological polar surface area (TPSA) is 62.7 Å². The van der Waals surface area contributed by atoms with Gasteiger partial charge in [-0.15, -0.1) is 0 Å². The van der Waals surface area contributed by atoms with Crippen molar-refractivity contribution in [3.63, 3.8) is 0 Å². The number of anilines is 1. The van der Waals surface area contributed by atoms with Crippen LogP contribution in [0.2, 0.25) is 5.02 Å². The lowest BCUT2D eigenvalue weighted by Crippen LogP contribution is -2.41. The van der Waals surface area contributed by atoms with Crippen LogP contribution in [0.1, 0.15) is 70.1 Å². The van der Waals surface area contributed by atoms with Crippen molar-refractivity contribution in [1.29, 1.82) is 0 Å². The van der Waals surface area contributed by atoms with E-state index in [-0.39, 0.29) is 0 Å². The van der Waals surface area contributed by atoms with E-state index in [9.17, 15) is 9.90 Å². The molecule has 1 aromatic heterocycles. The summed E-state index contributed by atoms with van der Waals surface area (Å²) in [5.74, 6) is 0.615. The fourth-order valence-corrected chi connectivity index (χ4v) is 7.22. The van der Waals surface area contributed by atoms with Crippen molar-refractivity contribution in [1.82, 2.24) is 4.98 Å². The zero-order chi connectivity index (χ0) is 25.6. The molecule has 2 heterocycles. The number of benzene rings is 2. The minimum Gasteiger partial charge on any atom is -0.479 e. The van der Waals surface area contributed by atoms with E-state index < -0.39 is 17.7 Å². The summed E-state index contributed by atoms with van der Waals surface area (Å²) in [5, 5.41) is 11.9. The molecular weight excluding hydrogens is 492 g/mol. The first-order valence-corrected chi connectivity index (χ1v) is 14.2. The second-order valence-electron chi connectivity index (χ2n) is 11.3. The normalized spacial score (nSPS) is 21.4. The summed E-state index contributed by atoms with van der Waals surface area (Å²) in [6.07, 6.45) is 5.53. The minimum atomic E-state index is -1.09. The molecule has 2 aliphatic rings. The van der Waals surface area contributed by atoms with Gasteiger partial charge in [0.2, 0.25) is 0 Å². The Kier molecular flexibility index (Phi) is 7.05. The number of carboxylic acid groups (broad SMARTS) is 1. The van der Waals surface area contributed by atoms with Gasteiger partial charge in [-0.1, -0.05) is 54.3 Å². The molecule has 1 saturated heterocycles. The second kappa shape index (κ2) is 9.96. The van der Waals surface area contributed by atoms with E-state index in [0.29, 0.717) is 10.6 Å². The Morgan fingerprint density at radius 3 is 2.53 bits per heavy atom. The number of nitrogens with zero attached hydrogens (tertiary/aromatic N) is 2. The van der Waals surface area contributed by atoms with Gasteiger partial charge in [0.1, 0.15) is 0 Å². The standard InChI is InChI=1S/C29H35ClN2O3S/c1-17-15-22-26(36-28(31-22)32-14-13-18-7-5-6-8-20(18)16-32)24(19-9-11-21(30)12-10-19)23(17)25(27(33)34)35-29(2,3)4/h9-12,15,18,20,25H,5-8,13-14,16H2,1-4H3,(H,33,34)/t18-,20-,25+/m1/s1. The summed E-state index contributed by atoms with van der Waals surface area (Å²) in [6.45, 7) is 9.73. The first-order valence-electron chi connectivity index (χ1n) is 13.0. The van der Waals surface area contributed by atoms with E-state index in [0.717, 1.165) is 57.0 Å². The van der Waals surface area contributed by atoms with Gasteiger partial charge >= 0.3 is 5.97 Å². The Bertz CT molecular complexity index is 1260. The van der Waals surface area contributed by atoms with Crippen LogP contribution in [0.15, 0.2) is 30.3 Å². The van der Waals surface area contributed by atoms with Crippen LogP contribution in [0.5, 0.6) is 0 Å². The molecule has 0 bridgehead atoms. The number of aliphatic carboxylic acids is 1. The Balaban J connectivity index is 1.65. The number of piperidine rings is 1. The van der Waals surface area contributed by atoms with Gasteiger partial charge in [-0.2, -0.15) is 0 Å². The van der Waals surface area contributed by atoms with E-state index in [1.54, 1.807) is 11.3 Å². The van der Waals surface area contributed by atoms with Crippen LogP contribution in [-0.2, 0) is 9.53 Å². The van der Waals surface area contributed by atoms with Gasteiger partial charge in [0.05, 0.1) is 15.8 Å². The lowest BCUT2D eigenvalue weighted by molar-refractivity contribution is -0.160. The molecule has 1 aliphatic heterocycles. The number of carboxylic acids is 1. The van der Waals surface area contributed by atoms with Crippen molar-refractivity contribution in [2.75, 3.05) is 18.0 Å². The minimum absolute atomic E-state index is 0.620. The first kappa shape index (κ1) is 25.5. The average molecular weight is 527 g/mol. The number of ether oxygens (including phenoxy) is 1. The fraction of sp³-hybridized carbons (Fsp3) is 0.517. The van der Waals surface area contributed by atoms with Crippen molar-refractivity contribution in [3.8, 4) is 11.1 Å². The van der Waals surface area contributed by atoms with Crippen LogP contribution in [-0.4, -0.2) is 34.8 Å². The summed E-state index contributed by atoms with van der Waals surface area (Å²) in [5.41, 5.74) is 3.65. The molecule has 1 aliphatic carbocycles. The highest BCUT2D eigenvalue weighted by Gasteiger charge is 2.34. The molecule has 36 heavy (non-hydrogen) atoms. The number of rotatable bonds is 5. The SMILES string of the molecule is Cc1cc2nc(N3CC[C@H]4CCCC[C@@H]4C3)sc2c(-c2ccc(Cl)cc2)c1[C@H](OC(C)(C)C)C(=O)O. The van der Waals surface area contributed by atoms with Crippen LogP contribution in [0.25, 0.3) is 21.3 Å². The molecule has 0 spiro atoms. The van der Waals surface area contributed by atoms with Crippen molar-refractivity contribution in [2.45, 2.75) is 71.5 Å². The Morgan fingerprint density at radius 2 is 1.86 bits per heavy atom. The molecule has 0 amide bonds. The van der Waals surface area contributed by atoms with Crippen molar-refractivity contribution in [2.24, 2.45) is 11.8 Å². The second-order valence-corrected chi connectivity index (χ2v) is 12.7. The molecule has 5 nitrogen and oxygen atoms in total. The number of hydrogen-bond donors (Lipinski definition) is 1. The Hall–Kier alpha value is -2.15. The maximum atomic E-state index is 12.5. The first-order chi connectivity index (χ1) is 17.1. The molecule has 0 radical (unpaired) electrons. The summed E-state index contributed by atoms with van der Waals surface area (Å²) in [4.78, 5) is 20.1. The van der Waals surface area contributed by atoms with Crippen LogP contribution in [0.4, 0.5) is 5.13 Å². The molecule has 192 valence electrons. The quantitative estimate of drug-likeness (QED) is 0.366. The van der Waals surface area contributed by atoms with E-state index in [1.165, 1.54) is 32.1 Å². The molecule has 3 atom stereocenters. The van der Waals surface area contributed by atoms with Gasteiger partial charge in [-0.25, -0.2) is 9.78 Å². The number of aryl methyl sites for hydroxylation is 1. The molecule has 5 rings (SSSR count). The third-order valence-electron chi connectivity index (χ3n) is 7.57. The molecule has 1 saturated carbocycles. The summed E-state index contributed by atoms with van der Waals surface area (Å²) >= 11 is 7.89. The number of thiazole rings is 1. The van der Waals surface area contributed by atoms with Gasteiger partial charge in [0, 0.05) is 29.2 Å². The predicted octanol–water partition coefficient (Wildman–Crippen LogP) is 7.88. The van der Waals surface area contributed by atoms with Crippen LogP contribution >= 0.6 is 22.9 Å². The Labute approximate surface area is 222 Å². The van der Waals surface area contributed by atoms with Gasteiger partial charge < -0.3 is 14.7 Å². The molecule has 0 unspecified atom stereocenters. The van der Waals surface area contributed by atoms with Crippen LogP contribution < -0.4 is 4.90 Å². The van der Waals surface area contributed by atoms with Gasteiger partial charge in [-0.3, -0.25) is 0 Å². The van der Waals surface area contributed by atoms with Gasteiger partial charge in [0.25, 0.3) is 0 Å². The monoisotopic (exact) mass is 526 g/mol. The number of hydrogen-bond acceptors (Lipinski definition) is 5. The molecule has 3 aromatic rings. The molecule has 2 aromatic carbocycles. The highest BCUT2D eigenvalue weighted by molar-refractivity contribution is 7.22. The largest absolute Gasteiger partial charge is 0.479 e. The van der Waals surface area contributed by atoms with Crippen molar-refractivity contribution >= 4 is 44.3 Å². The molecule has 1 N–H and O–H groups in total. The molecular formula is C29H35ClN2O3S. The number of fused-ring (bicyclic) bond motifs is 2. The van der Waals surface area contributed by atoms with Crippen molar-refractivity contribution in [3.05, 3.63) is 46.5 Å². The maximum absolute atomic E-state index is 12.5. The lowest BCUT2D eigenvalue weighted by atomic mass is 9.75. The van der Waals surface area contributed by atoms with E-state index in [2.05, 4.69) is 4.90 Å². The lowest BCUT2D eigenvalue weighted by Gasteiger charge is -2.41. The summed E-state index contributed by atoms with van der Waals surface area (Å²) < 4.78 is 7.13. The van der Waals surface area contributed by atoms with Gasteiger partial charge in [0.15, 0.2) is 11.2 Å². The number of carbonyl (C=O) groups is 1. The zero-order valence-corrected chi connectivity index (χ0v) is 23.1. The van der Waals surface area contributed by atoms with Crippen LogP contribution in [0.3, 0.4) is 0 Å². The molecule has 2 fully saturated rings. The van der Waals surface area contributed by atoms with E-state index in [4.69, 9.17) is 21.3 Å². The third kappa shape index (κ3) is 5.13. The fourth-order valence-electron chi connectivity index (χ4n) is 5.94. The highest BCUT2D eigenvalue weighted by atomic mass is 35.5. The summed E-state index contributed by atoms with van der Waals surface area (Å²) in [7, 11) is 0. The summed E-state index contributed by atoms with van der Waals surface area (Å²) in [6, 6.07) is 9.65. The van der Waals surface area contributed by atoms with Crippen LogP contribution in [0, 0.1) is 18.8 Å². The zero-order valence-electron chi connectivity index (χ0n) is 21.5. The Morgan fingerprint density at radius 1 is 1.17 bits per heavy atom. The smallest absolute Gasteiger partial charge is 0.337 e. The highest BCUT2D eigenvalue weighted by Crippen LogP contribution is 2.45. The maximum Gasteiger partial charge on any atom is 0.337 e. The molecule has 7 heteroatoms. The predicted molar refractivity (Wildman–Crippen MR) is 148 cm³/mol. The van der Waals surface area contributed by atoms with E-state index in [1.807, 2.05) is 58.0 Å². The van der Waals surface area contributed by atoms with Crippen molar-refractivity contribution < 1.29 is 14.6 Å². The average Bonchev–Trinajstić information content (AvgIpc) is 3.25.